The lowest BCUT2D eigenvalue weighted by Crippen LogP contribution is -2.20. The van der Waals surface area contributed by atoms with Crippen LogP contribution in [0, 0.1) is 12.3 Å². The fourth-order valence-electron chi connectivity index (χ4n) is 2.37. The highest BCUT2D eigenvalue weighted by molar-refractivity contribution is 5.35. The zero-order valence-corrected chi connectivity index (χ0v) is 15.0. The molecule has 2 rings (SSSR count). The molecule has 0 unspecified atom stereocenters. The van der Waals surface area contributed by atoms with E-state index in [1.165, 1.54) is 0 Å². The normalized spacial score (nSPS) is 10.5. The van der Waals surface area contributed by atoms with Gasteiger partial charge in [0.15, 0.2) is 0 Å². The molecular weight excluding hydrogens is 312 g/mol. The smallest absolute Gasteiger partial charge is 0.148 e. The molecule has 4 heteroatoms. The molecule has 1 N–H and O–H groups in total. The molecular formula is C21H26N2O2. The second-order valence-corrected chi connectivity index (χ2v) is 5.96. The summed E-state index contributed by atoms with van der Waals surface area (Å²) in [6.07, 6.45) is 5.27. The van der Waals surface area contributed by atoms with Crippen molar-refractivity contribution in [3.05, 3.63) is 59.7 Å². The highest BCUT2D eigenvalue weighted by Gasteiger charge is 2.05. The number of nitrogens with one attached hydrogen (secondary N) is 1. The number of ether oxygens (including phenoxy) is 2. The van der Waals surface area contributed by atoms with E-state index in [1.54, 1.807) is 0 Å². The molecule has 0 saturated carbocycles. The van der Waals surface area contributed by atoms with Crippen LogP contribution in [0.5, 0.6) is 11.5 Å². The summed E-state index contributed by atoms with van der Waals surface area (Å²) in [5, 5.41) is 3.45. The second kappa shape index (κ2) is 10.4. The first-order valence-electron chi connectivity index (χ1n) is 8.41. The van der Waals surface area contributed by atoms with Gasteiger partial charge in [0.1, 0.15) is 24.7 Å². The lowest BCUT2D eigenvalue weighted by molar-refractivity contribution is 0.259. The molecule has 0 aliphatic carbocycles. The van der Waals surface area contributed by atoms with Gasteiger partial charge in [-0.15, -0.1) is 6.42 Å². The fourth-order valence-corrected chi connectivity index (χ4v) is 2.37. The predicted molar refractivity (Wildman–Crippen MR) is 102 cm³/mol. The topological polar surface area (TPSA) is 33.7 Å². The summed E-state index contributed by atoms with van der Waals surface area (Å²) in [5.41, 5.74) is 2.23. The molecule has 0 aromatic heterocycles. The van der Waals surface area contributed by atoms with Crippen LogP contribution in [-0.4, -0.2) is 38.8 Å². The van der Waals surface area contributed by atoms with Crippen molar-refractivity contribution < 1.29 is 9.47 Å². The lowest BCUT2D eigenvalue weighted by atomic mass is 10.1. The molecule has 0 bridgehead atoms. The molecule has 0 amide bonds. The summed E-state index contributed by atoms with van der Waals surface area (Å²) < 4.78 is 11.5. The van der Waals surface area contributed by atoms with Crippen molar-refractivity contribution in [3.8, 4) is 23.8 Å². The number of rotatable bonds is 10. The van der Waals surface area contributed by atoms with Gasteiger partial charge in [0.25, 0.3) is 0 Å². The average molecular weight is 338 g/mol. The first-order chi connectivity index (χ1) is 12.2. The van der Waals surface area contributed by atoms with Crippen molar-refractivity contribution in [2.24, 2.45) is 0 Å². The third-order valence-electron chi connectivity index (χ3n) is 3.68. The molecule has 0 radical (unpaired) electrons. The maximum Gasteiger partial charge on any atom is 0.148 e. The monoisotopic (exact) mass is 338 g/mol. The van der Waals surface area contributed by atoms with E-state index in [0.717, 1.165) is 35.7 Å². The number of terminal acetylenes is 1. The van der Waals surface area contributed by atoms with Gasteiger partial charge in [0.05, 0.1) is 0 Å². The van der Waals surface area contributed by atoms with Crippen LogP contribution in [0.4, 0.5) is 0 Å². The van der Waals surface area contributed by atoms with Crippen LogP contribution in [0.25, 0.3) is 0 Å². The highest BCUT2D eigenvalue weighted by Crippen LogP contribution is 2.20. The third-order valence-corrected chi connectivity index (χ3v) is 3.68. The Labute approximate surface area is 150 Å². The minimum absolute atomic E-state index is 0.277. The summed E-state index contributed by atoms with van der Waals surface area (Å²) in [5.74, 6) is 4.25. The zero-order chi connectivity index (χ0) is 17.9. The molecule has 132 valence electrons. The molecule has 2 aromatic rings. The Morgan fingerprint density at radius 2 is 1.48 bits per heavy atom. The molecule has 4 nitrogen and oxygen atoms in total. The minimum atomic E-state index is 0.277. The number of likely N-dealkylation sites (N-methyl/N-ethyl adjacent to an activating group) is 1. The van der Waals surface area contributed by atoms with Crippen molar-refractivity contribution in [1.29, 1.82) is 0 Å². The Hall–Kier alpha value is -2.48. The van der Waals surface area contributed by atoms with E-state index in [1.807, 2.05) is 56.6 Å². The molecule has 0 fully saturated rings. The van der Waals surface area contributed by atoms with E-state index in [4.69, 9.17) is 15.9 Å². The van der Waals surface area contributed by atoms with Crippen molar-refractivity contribution >= 4 is 0 Å². The zero-order valence-electron chi connectivity index (χ0n) is 15.0. The van der Waals surface area contributed by atoms with Crippen LogP contribution in [0.3, 0.4) is 0 Å². The number of benzene rings is 2. The van der Waals surface area contributed by atoms with Gasteiger partial charge in [0.2, 0.25) is 0 Å². The van der Waals surface area contributed by atoms with Crippen LogP contribution in [0.1, 0.15) is 11.1 Å². The van der Waals surface area contributed by atoms with Crippen LogP contribution in [0.15, 0.2) is 48.5 Å². The molecule has 2 aromatic carbocycles. The van der Waals surface area contributed by atoms with E-state index < -0.39 is 0 Å². The summed E-state index contributed by atoms with van der Waals surface area (Å²) in [6, 6.07) is 16.0. The SMILES string of the molecule is C#CCOc1ccccc1CNCc1ccccc1OCCN(C)C. The van der Waals surface area contributed by atoms with Crippen LogP contribution < -0.4 is 14.8 Å². The van der Waals surface area contributed by atoms with Crippen molar-refractivity contribution in [2.75, 3.05) is 33.9 Å². The molecule has 25 heavy (non-hydrogen) atoms. The van der Waals surface area contributed by atoms with E-state index in [0.29, 0.717) is 13.2 Å². The van der Waals surface area contributed by atoms with Crippen molar-refractivity contribution in [1.82, 2.24) is 10.2 Å². The Kier molecular flexibility index (Phi) is 7.84. The summed E-state index contributed by atoms with van der Waals surface area (Å²) >= 11 is 0. The first-order valence-corrected chi connectivity index (χ1v) is 8.41. The van der Waals surface area contributed by atoms with Gasteiger partial charge in [-0.05, 0) is 26.2 Å². The number of hydrogen-bond donors (Lipinski definition) is 1. The van der Waals surface area contributed by atoms with Gasteiger partial charge in [-0.2, -0.15) is 0 Å². The van der Waals surface area contributed by atoms with E-state index in [2.05, 4.69) is 22.2 Å². The van der Waals surface area contributed by atoms with Crippen LogP contribution >= 0.6 is 0 Å². The van der Waals surface area contributed by atoms with E-state index >= 15 is 0 Å². The quantitative estimate of drug-likeness (QED) is 0.676. The minimum Gasteiger partial charge on any atom is -0.492 e. The van der Waals surface area contributed by atoms with Gasteiger partial charge >= 0.3 is 0 Å². The standard InChI is InChI=1S/C21H26N2O2/c1-4-14-24-20-11-7-5-9-18(20)16-22-17-19-10-6-8-12-21(19)25-15-13-23(2)3/h1,5-12,22H,13-17H2,2-3H3. The molecule has 0 spiro atoms. The van der Waals surface area contributed by atoms with Crippen molar-refractivity contribution in [2.45, 2.75) is 13.1 Å². The molecule has 0 heterocycles. The Morgan fingerprint density at radius 1 is 0.920 bits per heavy atom. The van der Waals surface area contributed by atoms with Crippen LogP contribution in [-0.2, 0) is 13.1 Å². The molecule has 0 aliphatic rings. The molecule has 0 aliphatic heterocycles. The summed E-state index contributed by atoms with van der Waals surface area (Å²) in [4.78, 5) is 2.11. The number of hydrogen-bond acceptors (Lipinski definition) is 4. The van der Waals surface area contributed by atoms with E-state index in [-0.39, 0.29) is 6.61 Å². The van der Waals surface area contributed by atoms with Gasteiger partial charge in [-0.1, -0.05) is 42.3 Å². The first kappa shape index (κ1) is 18.9. The van der Waals surface area contributed by atoms with Crippen LogP contribution in [0.2, 0.25) is 0 Å². The Bertz CT molecular complexity index is 692. The second-order valence-electron chi connectivity index (χ2n) is 5.96. The van der Waals surface area contributed by atoms with Gasteiger partial charge in [-0.25, -0.2) is 0 Å². The predicted octanol–water partition coefficient (Wildman–Crippen LogP) is 2.93. The third kappa shape index (κ3) is 6.50. The fraction of sp³-hybridized carbons (Fsp3) is 0.333. The maximum absolute atomic E-state index is 5.90. The Balaban J connectivity index is 1.91. The lowest BCUT2D eigenvalue weighted by Gasteiger charge is -2.15. The van der Waals surface area contributed by atoms with Crippen molar-refractivity contribution in [3.63, 3.8) is 0 Å². The maximum atomic E-state index is 5.90. The van der Waals surface area contributed by atoms with Gasteiger partial charge < -0.3 is 19.7 Å². The summed E-state index contributed by atoms with van der Waals surface area (Å²) in [7, 11) is 4.08. The van der Waals surface area contributed by atoms with Gasteiger partial charge in [0, 0.05) is 30.8 Å². The Morgan fingerprint density at radius 3 is 2.04 bits per heavy atom. The van der Waals surface area contributed by atoms with E-state index in [9.17, 15) is 0 Å². The molecule has 0 saturated heterocycles. The largest absolute Gasteiger partial charge is 0.492 e. The van der Waals surface area contributed by atoms with Gasteiger partial charge in [-0.3, -0.25) is 0 Å². The highest BCUT2D eigenvalue weighted by atomic mass is 16.5. The summed E-state index contributed by atoms with van der Waals surface area (Å²) in [6.45, 7) is 3.27. The number of para-hydroxylation sites is 2. The number of nitrogens with zero attached hydrogens (tertiary/aromatic N) is 1. The molecule has 0 atom stereocenters. The average Bonchev–Trinajstić information content (AvgIpc) is 2.62.